The molecule has 23 unspecified atom stereocenters. The summed E-state index contributed by atoms with van der Waals surface area (Å²) >= 11 is 0. The van der Waals surface area contributed by atoms with Gasteiger partial charge in [-0.15, -0.1) is 0 Å². The first-order valence-corrected chi connectivity index (χ1v) is 29.9. The average molecular weight is 1100 g/mol. The number of carbonyl (C=O) groups is 2. The Morgan fingerprint density at radius 1 is 0.688 bits per heavy atom. The third-order valence-electron chi connectivity index (χ3n) is 21.0. The molecular weight excluding hydrogens is 1020 g/mol. The Labute approximate surface area is 469 Å². The van der Waals surface area contributed by atoms with Gasteiger partial charge in [-0.25, -0.2) is 9.59 Å². The quantitative estimate of drug-likeness (QED) is 0.146. The highest BCUT2D eigenvalue weighted by atomic mass is 16.7. The van der Waals surface area contributed by atoms with Gasteiger partial charge in [0, 0.05) is 51.0 Å². The lowest BCUT2D eigenvalue weighted by Gasteiger charge is -2.60. The zero-order valence-electron chi connectivity index (χ0n) is 47.4. The standard InChI is InChI=1S/C65H80O15/c1-34(33-69-60(68)41-16-11-15-39-24-37-13-9-10-14-38(37)25-42(39)41)21-40-26-51(66)65(8)55(70-40)28-47-48(77-65)27-46-43(71-47)17-12-19-61(4)56(74-46)32-64(7)54(78-61)30-53-62(5,80-64)20-18-44-58(76-53)35(2)22-45-50(72-44)31-63(6)52(73-45)29-49-59(79-63)36(3)23-57(67)75-49/h9-17,23-25,35,40,43-56,58-59,66H,1,18-22,26-33H2,2-8H3. The van der Waals surface area contributed by atoms with Gasteiger partial charge in [0.05, 0.1) is 113 Å². The average Bonchev–Trinajstić information content (AvgIpc) is 3.24. The molecule has 430 valence electrons. The maximum absolute atomic E-state index is 13.5. The monoisotopic (exact) mass is 1100 g/mol. The third kappa shape index (κ3) is 9.26. The van der Waals surface area contributed by atoms with E-state index in [1.54, 1.807) is 12.1 Å². The van der Waals surface area contributed by atoms with Gasteiger partial charge in [0.25, 0.3) is 0 Å². The Balaban J connectivity index is 0.610. The first kappa shape index (κ1) is 53.9. The Morgan fingerprint density at radius 3 is 2.29 bits per heavy atom. The van der Waals surface area contributed by atoms with Crippen molar-refractivity contribution in [2.45, 2.75) is 257 Å². The van der Waals surface area contributed by atoms with Crippen LogP contribution in [-0.4, -0.2) is 155 Å². The van der Waals surface area contributed by atoms with E-state index in [4.69, 9.17) is 56.8 Å². The van der Waals surface area contributed by atoms with Gasteiger partial charge in [0.15, 0.2) is 0 Å². The molecule has 9 saturated heterocycles. The number of fused-ring (bicyclic) bond motifs is 12. The molecule has 15 nitrogen and oxygen atoms in total. The van der Waals surface area contributed by atoms with Crippen molar-refractivity contribution >= 4 is 33.5 Å². The van der Waals surface area contributed by atoms with Crippen LogP contribution in [0.5, 0.6) is 0 Å². The lowest BCUT2D eigenvalue weighted by atomic mass is 9.72. The van der Waals surface area contributed by atoms with E-state index in [0.717, 1.165) is 46.4 Å². The molecule has 15 heteroatoms. The smallest absolute Gasteiger partial charge is 0.339 e. The predicted octanol–water partition coefficient (Wildman–Crippen LogP) is 9.44. The second kappa shape index (κ2) is 19.8. The van der Waals surface area contributed by atoms with Gasteiger partial charge >= 0.3 is 11.9 Å². The summed E-state index contributed by atoms with van der Waals surface area (Å²) in [6.45, 7) is 19.2. The number of ether oxygens (including phenoxy) is 12. The fraction of sp³-hybridized carbons (Fsp3) is 0.662. The molecule has 0 spiro atoms. The van der Waals surface area contributed by atoms with Crippen LogP contribution in [0.15, 0.2) is 90.6 Å². The molecule has 0 radical (unpaired) electrons. The van der Waals surface area contributed by atoms with Crippen LogP contribution in [-0.2, 0) is 61.6 Å². The van der Waals surface area contributed by atoms with Crippen LogP contribution in [0.3, 0.4) is 0 Å². The van der Waals surface area contributed by atoms with E-state index in [1.165, 1.54) is 0 Å². The minimum atomic E-state index is -0.963. The molecule has 0 aliphatic carbocycles. The second-order valence-corrected chi connectivity index (χ2v) is 27.0. The number of hydrogen-bond donors (Lipinski definition) is 1. The zero-order valence-corrected chi connectivity index (χ0v) is 47.4. The predicted molar refractivity (Wildman–Crippen MR) is 294 cm³/mol. The van der Waals surface area contributed by atoms with E-state index in [2.05, 4.69) is 65.5 Å². The highest BCUT2D eigenvalue weighted by molar-refractivity contribution is 6.09. The first-order chi connectivity index (χ1) is 38.2. The number of aliphatic hydroxyl groups excluding tert-OH is 1. The van der Waals surface area contributed by atoms with Crippen molar-refractivity contribution in [1.82, 2.24) is 0 Å². The Kier molecular flexibility index (Phi) is 13.3. The lowest BCUT2D eigenvalue weighted by molar-refractivity contribution is -0.356. The largest absolute Gasteiger partial charge is 0.458 e. The molecule has 11 aliphatic rings. The van der Waals surface area contributed by atoms with Gasteiger partial charge in [0.2, 0.25) is 0 Å². The van der Waals surface area contributed by atoms with E-state index >= 15 is 0 Å². The van der Waals surface area contributed by atoms with E-state index in [9.17, 15) is 14.7 Å². The lowest BCUT2D eigenvalue weighted by Crippen LogP contribution is -2.70. The van der Waals surface area contributed by atoms with E-state index in [1.807, 2.05) is 50.2 Å². The van der Waals surface area contributed by atoms with Crippen molar-refractivity contribution in [3.63, 3.8) is 0 Å². The molecule has 3 aromatic rings. The number of carbonyl (C=O) groups excluding carboxylic acids is 2. The zero-order chi connectivity index (χ0) is 55.3. The molecule has 3 aromatic carbocycles. The number of benzene rings is 3. The molecule has 0 saturated carbocycles. The summed E-state index contributed by atoms with van der Waals surface area (Å²) in [5.74, 6) is -0.568. The van der Waals surface area contributed by atoms with Crippen molar-refractivity contribution in [1.29, 1.82) is 0 Å². The van der Waals surface area contributed by atoms with Gasteiger partial charge in [-0.1, -0.05) is 62.1 Å². The summed E-state index contributed by atoms with van der Waals surface area (Å²) in [4.78, 5) is 25.8. The molecule has 0 amide bonds. The Hall–Kier alpha value is -4.10. The van der Waals surface area contributed by atoms with E-state index < -0.39 is 46.2 Å². The summed E-state index contributed by atoms with van der Waals surface area (Å²) in [5.41, 5.74) is -1.33. The highest BCUT2D eigenvalue weighted by Gasteiger charge is 2.64. The van der Waals surface area contributed by atoms with Crippen molar-refractivity contribution in [3.8, 4) is 0 Å². The van der Waals surface area contributed by atoms with E-state index in [-0.39, 0.29) is 110 Å². The van der Waals surface area contributed by atoms with Crippen LogP contribution >= 0.6 is 0 Å². The number of esters is 2. The summed E-state index contributed by atoms with van der Waals surface area (Å²) in [6.07, 6.45) is 8.34. The molecular formula is C65H80O15. The fourth-order valence-corrected chi connectivity index (χ4v) is 16.4. The fourth-order valence-electron chi connectivity index (χ4n) is 16.4. The molecule has 9 fully saturated rings. The van der Waals surface area contributed by atoms with Crippen LogP contribution in [0.4, 0.5) is 0 Å². The maximum atomic E-state index is 13.5. The molecule has 23 atom stereocenters. The number of aliphatic hydroxyl groups is 1. The maximum Gasteiger partial charge on any atom is 0.339 e. The van der Waals surface area contributed by atoms with Crippen LogP contribution in [0.2, 0.25) is 0 Å². The van der Waals surface area contributed by atoms with Gasteiger partial charge in [-0.05, 0) is 130 Å². The van der Waals surface area contributed by atoms with Gasteiger partial charge in [-0.3, -0.25) is 0 Å². The van der Waals surface area contributed by atoms with Gasteiger partial charge < -0.3 is 61.9 Å². The van der Waals surface area contributed by atoms with Crippen molar-refractivity contribution < 1.29 is 71.5 Å². The Bertz CT molecular complexity index is 3010. The minimum Gasteiger partial charge on any atom is -0.458 e. The SMILES string of the molecule is C=C(COC(=O)c1cccc2cc3ccccc3cc12)CC1CC(O)C2(C)OC3CC4OC5CC6(C)OC7(C)CCC8OC9CC%10(C)OC%11C(C)=CC(=O)OC%11CC%10OC9CC(C)C8OC7CC6OC5(C)CC=CC4OC3CC2O1. The Morgan fingerprint density at radius 2 is 1.45 bits per heavy atom. The summed E-state index contributed by atoms with van der Waals surface area (Å²) in [5, 5.41) is 15.9. The first-order valence-electron chi connectivity index (χ1n) is 29.9. The molecule has 14 rings (SSSR count). The topological polar surface area (TPSA) is 165 Å². The minimum absolute atomic E-state index is 0.0408. The van der Waals surface area contributed by atoms with Crippen molar-refractivity contribution in [2.75, 3.05) is 6.61 Å². The van der Waals surface area contributed by atoms with E-state index in [0.29, 0.717) is 68.9 Å². The van der Waals surface area contributed by atoms with Crippen LogP contribution in [0.1, 0.15) is 136 Å². The van der Waals surface area contributed by atoms with Crippen molar-refractivity contribution in [2.24, 2.45) is 5.92 Å². The molecule has 0 bridgehead atoms. The molecule has 80 heavy (non-hydrogen) atoms. The van der Waals surface area contributed by atoms with Crippen molar-refractivity contribution in [3.05, 3.63) is 96.1 Å². The number of rotatable bonds is 5. The second-order valence-electron chi connectivity index (χ2n) is 27.0. The third-order valence-corrected chi connectivity index (χ3v) is 21.0. The normalized spacial score (nSPS) is 47.5. The molecule has 11 heterocycles. The molecule has 0 aromatic heterocycles. The summed E-state index contributed by atoms with van der Waals surface area (Å²) < 4.78 is 82.4. The summed E-state index contributed by atoms with van der Waals surface area (Å²) in [7, 11) is 0. The summed E-state index contributed by atoms with van der Waals surface area (Å²) in [6, 6.07) is 17.9. The van der Waals surface area contributed by atoms with Gasteiger partial charge in [0.1, 0.15) is 30.5 Å². The van der Waals surface area contributed by atoms with Crippen LogP contribution in [0.25, 0.3) is 21.5 Å². The van der Waals surface area contributed by atoms with Gasteiger partial charge in [-0.2, -0.15) is 0 Å². The van der Waals surface area contributed by atoms with Crippen LogP contribution < -0.4 is 0 Å². The molecule has 11 aliphatic heterocycles. The highest BCUT2D eigenvalue weighted by Crippen LogP contribution is 2.55. The van der Waals surface area contributed by atoms with Crippen LogP contribution in [0, 0.1) is 5.92 Å². The molecule has 1 N–H and O–H groups in total. The number of hydrogen-bond acceptors (Lipinski definition) is 15.